The molecule has 0 fully saturated rings. The second-order valence-electron chi connectivity index (χ2n) is 11.7. The van der Waals surface area contributed by atoms with Crippen molar-refractivity contribution in [3.05, 3.63) is 76.2 Å². The Bertz CT molecular complexity index is 1030. The molecule has 1 aliphatic rings. The van der Waals surface area contributed by atoms with Gasteiger partial charge in [-0.15, -0.1) is 11.3 Å². The summed E-state index contributed by atoms with van der Waals surface area (Å²) in [6, 6.07) is 7.14. The quantitative estimate of drug-likeness (QED) is 0.213. The fraction of sp³-hybridized carbons (Fsp3) is 0.545. The zero-order chi connectivity index (χ0) is 25.5. The van der Waals surface area contributed by atoms with Crippen molar-refractivity contribution >= 4 is 11.3 Å². The summed E-state index contributed by atoms with van der Waals surface area (Å²) in [6.45, 7) is 18.3. The van der Waals surface area contributed by atoms with E-state index in [4.69, 9.17) is 4.98 Å². The Morgan fingerprint density at radius 2 is 1.77 bits per heavy atom. The minimum absolute atomic E-state index is 0.232. The number of rotatable bonds is 12. The molecular formula is C33H47NS. The summed E-state index contributed by atoms with van der Waals surface area (Å²) >= 11 is 1.86. The Labute approximate surface area is 219 Å². The van der Waals surface area contributed by atoms with Crippen LogP contribution in [0.1, 0.15) is 121 Å². The minimum atomic E-state index is 0.232. The van der Waals surface area contributed by atoms with Crippen LogP contribution in [0, 0.1) is 0 Å². The predicted molar refractivity (Wildman–Crippen MR) is 157 cm³/mol. The standard InChI is InChI=1S/C33H47NS/c1-8-10-11-12-16-25(3)17-13-14-18-26(15-9-2)31-34-30(24-35-31)27-19-20-28-29(23-27)33(6,7)22-21-32(28,4)5/h10-12,16,19-20,23-24,26H,3,8-9,13-15,17-18,21-22H2,1-2,4-7H3/b11-10-,16-12-. The fourth-order valence-corrected chi connectivity index (χ4v) is 6.33. The largest absolute Gasteiger partial charge is 0.241 e. The highest BCUT2D eigenvalue weighted by Gasteiger charge is 2.37. The van der Waals surface area contributed by atoms with Crippen molar-refractivity contribution in [2.75, 3.05) is 0 Å². The van der Waals surface area contributed by atoms with Crippen molar-refractivity contribution in [3.8, 4) is 11.3 Å². The second-order valence-corrected chi connectivity index (χ2v) is 12.6. The molecule has 190 valence electrons. The third kappa shape index (κ3) is 7.29. The second kappa shape index (κ2) is 12.3. The number of hydrogen-bond acceptors (Lipinski definition) is 2. The highest BCUT2D eigenvalue weighted by Crippen LogP contribution is 2.47. The Kier molecular flexibility index (Phi) is 9.76. The molecule has 0 saturated heterocycles. The van der Waals surface area contributed by atoms with Crippen LogP contribution in [-0.2, 0) is 10.8 Å². The van der Waals surface area contributed by atoms with E-state index < -0.39 is 0 Å². The van der Waals surface area contributed by atoms with Crippen molar-refractivity contribution in [2.24, 2.45) is 0 Å². The van der Waals surface area contributed by atoms with E-state index in [1.807, 2.05) is 11.3 Å². The number of benzene rings is 1. The highest BCUT2D eigenvalue weighted by molar-refractivity contribution is 7.10. The normalized spacial score (nSPS) is 17.7. The molecule has 1 aromatic carbocycles. The van der Waals surface area contributed by atoms with E-state index in [1.54, 1.807) is 0 Å². The van der Waals surface area contributed by atoms with E-state index in [0.717, 1.165) is 18.5 Å². The van der Waals surface area contributed by atoms with Crippen LogP contribution in [0.4, 0.5) is 0 Å². The van der Waals surface area contributed by atoms with Gasteiger partial charge in [0.25, 0.3) is 0 Å². The smallest absolute Gasteiger partial charge is 0.0963 e. The number of nitrogens with zero attached hydrogens (tertiary/aromatic N) is 1. The molecule has 0 aliphatic heterocycles. The van der Waals surface area contributed by atoms with Crippen molar-refractivity contribution in [1.82, 2.24) is 4.98 Å². The lowest BCUT2D eigenvalue weighted by Crippen LogP contribution is -2.33. The maximum Gasteiger partial charge on any atom is 0.0963 e. The van der Waals surface area contributed by atoms with Gasteiger partial charge >= 0.3 is 0 Å². The molecule has 1 aromatic heterocycles. The maximum atomic E-state index is 5.19. The van der Waals surface area contributed by atoms with Crippen LogP contribution in [0.2, 0.25) is 0 Å². The van der Waals surface area contributed by atoms with Gasteiger partial charge in [-0.1, -0.05) is 103 Å². The molecule has 1 aliphatic carbocycles. The molecule has 0 radical (unpaired) electrons. The molecule has 0 bridgehead atoms. The summed E-state index contributed by atoms with van der Waals surface area (Å²) in [5, 5.41) is 3.61. The lowest BCUT2D eigenvalue weighted by Gasteiger charge is -2.42. The van der Waals surface area contributed by atoms with Gasteiger partial charge in [0.15, 0.2) is 0 Å². The van der Waals surface area contributed by atoms with E-state index in [9.17, 15) is 0 Å². The van der Waals surface area contributed by atoms with Gasteiger partial charge in [-0.3, -0.25) is 0 Å². The van der Waals surface area contributed by atoms with E-state index >= 15 is 0 Å². The average Bonchev–Trinajstić information content (AvgIpc) is 3.32. The topological polar surface area (TPSA) is 12.9 Å². The number of unbranched alkanes of at least 4 members (excludes halogenated alkanes) is 1. The first-order chi connectivity index (χ1) is 16.7. The molecule has 0 saturated carbocycles. The third-order valence-electron chi connectivity index (χ3n) is 7.77. The number of hydrogen-bond donors (Lipinski definition) is 0. The zero-order valence-electron chi connectivity index (χ0n) is 23.1. The van der Waals surface area contributed by atoms with Crippen LogP contribution in [0.3, 0.4) is 0 Å². The van der Waals surface area contributed by atoms with E-state index in [-0.39, 0.29) is 10.8 Å². The van der Waals surface area contributed by atoms with Gasteiger partial charge in [0.2, 0.25) is 0 Å². The van der Waals surface area contributed by atoms with Crippen molar-refractivity contribution in [1.29, 1.82) is 0 Å². The summed E-state index contributed by atoms with van der Waals surface area (Å²) < 4.78 is 0. The lowest BCUT2D eigenvalue weighted by molar-refractivity contribution is 0.332. The summed E-state index contributed by atoms with van der Waals surface area (Å²) in [7, 11) is 0. The monoisotopic (exact) mass is 489 g/mol. The van der Waals surface area contributed by atoms with Crippen LogP contribution in [0.15, 0.2) is 60.0 Å². The van der Waals surface area contributed by atoms with Crippen LogP contribution in [0.25, 0.3) is 11.3 Å². The summed E-state index contributed by atoms with van der Waals surface area (Å²) in [4.78, 5) is 5.19. The molecule has 1 heterocycles. The first-order valence-corrected chi connectivity index (χ1v) is 14.7. The van der Waals surface area contributed by atoms with Crippen molar-refractivity contribution in [3.63, 3.8) is 0 Å². The molecule has 1 nitrogen and oxygen atoms in total. The van der Waals surface area contributed by atoms with Crippen LogP contribution >= 0.6 is 11.3 Å². The Balaban J connectivity index is 1.66. The van der Waals surface area contributed by atoms with Gasteiger partial charge in [0.1, 0.15) is 0 Å². The Morgan fingerprint density at radius 1 is 1.03 bits per heavy atom. The first-order valence-electron chi connectivity index (χ1n) is 13.8. The molecule has 1 atom stereocenters. The van der Waals surface area contributed by atoms with Gasteiger partial charge in [-0.05, 0) is 73.0 Å². The Hall–Kier alpha value is -1.93. The van der Waals surface area contributed by atoms with E-state index in [2.05, 4.69) is 96.0 Å². The minimum Gasteiger partial charge on any atom is -0.241 e. The van der Waals surface area contributed by atoms with Gasteiger partial charge in [0.05, 0.1) is 10.7 Å². The number of allylic oxidation sites excluding steroid dienone is 5. The zero-order valence-corrected chi connectivity index (χ0v) is 23.9. The molecule has 3 rings (SSSR count). The number of thiazole rings is 1. The van der Waals surface area contributed by atoms with Crippen LogP contribution < -0.4 is 0 Å². The molecule has 1 unspecified atom stereocenters. The summed E-state index contributed by atoms with van der Waals surface area (Å²) in [5.41, 5.74) is 7.21. The molecular weight excluding hydrogens is 442 g/mol. The lowest BCUT2D eigenvalue weighted by atomic mass is 9.63. The van der Waals surface area contributed by atoms with Gasteiger partial charge < -0.3 is 0 Å². The summed E-state index contributed by atoms with van der Waals surface area (Å²) in [5.74, 6) is 0.572. The Morgan fingerprint density at radius 3 is 2.49 bits per heavy atom. The van der Waals surface area contributed by atoms with E-state index in [0.29, 0.717) is 5.92 Å². The highest BCUT2D eigenvalue weighted by atomic mass is 32.1. The fourth-order valence-electron chi connectivity index (χ4n) is 5.33. The van der Waals surface area contributed by atoms with Crippen molar-refractivity contribution in [2.45, 2.75) is 116 Å². The molecule has 2 heteroatoms. The number of aromatic nitrogens is 1. The van der Waals surface area contributed by atoms with Gasteiger partial charge in [-0.25, -0.2) is 4.98 Å². The predicted octanol–water partition coefficient (Wildman–Crippen LogP) is 10.7. The SMILES string of the molecule is C=C(/C=C\C=C/CC)CCCCC(CCC)c1nc(-c2ccc3c(c2)C(C)(C)CCC3(C)C)cs1. The molecule has 0 N–H and O–H groups in total. The van der Waals surface area contributed by atoms with Crippen molar-refractivity contribution < 1.29 is 0 Å². The molecule has 35 heavy (non-hydrogen) atoms. The van der Waals surface area contributed by atoms with Crippen LogP contribution in [0.5, 0.6) is 0 Å². The molecule has 2 aromatic rings. The number of fused-ring (bicyclic) bond motifs is 1. The average molecular weight is 490 g/mol. The molecule has 0 amide bonds. The van der Waals surface area contributed by atoms with Gasteiger partial charge in [-0.2, -0.15) is 0 Å². The van der Waals surface area contributed by atoms with E-state index in [1.165, 1.54) is 72.2 Å². The first kappa shape index (κ1) is 27.7. The van der Waals surface area contributed by atoms with Gasteiger partial charge in [0, 0.05) is 16.9 Å². The third-order valence-corrected chi connectivity index (χ3v) is 8.78. The summed E-state index contributed by atoms with van der Waals surface area (Å²) in [6.07, 6.45) is 19.3. The van der Waals surface area contributed by atoms with Crippen LogP contribution in [-0.4, -0.2) is 4.98 Å². The molecule has 0 spiro atoms. The maximum absolute atomic E-state index is 5.19.